The molecule has 0 aliphatic heterocycles. The Morgan fingerprint density at radius 2 is 1.43 bits per heavy atom. The number of carbonyl (C=O) groups excluding carboxylic acids is 2. The molecular weight excluding hydrogens is 543 g/mol. The second kappa shape index (κ2) is 8.50. The number of thiophene rings is 1. The van der Waals surface area contributed by atoms with Crippen molar-refractivity contribution >= 4 is 84.0 Å². The van der Waals surface area contributed by atoms with Crippen molar-refractivity contribution in [3.63, 3.8) is 0 Å². The summed E-state index contributed by atoms with van der Waals surface area (Å²) < 4.78 is 4.16. The number of para-hydroxylation sites is 1. The van der Waals surface area contributed by atoms with Crippen LogP contribution in [0.25, 0.3) is 42.1 Å². The summed E-state index contributed by atoms with van der Waals surface area (Å²) in [5.74, 6) is -0.719. The van der Waals surface area contributed by atoms with Gasteiger partial charge in [0.1, 0.15) is 5.01 Å². The van der Waals surface area contributed by atoms with Crippen molar-refractivity contribution in [1.82, 2.24) is 9.55 Å². The predicted octanol–water partition coefficient (Wildman–Crippen LogP) is 8.74. The van der Waals surface area contributed by atoms with Gasteiger partial charge in [0.2, 0.25) is 0 Å². The molecule has 1 aliphatic carbocycles. The Morgan fingerprint density at radius 3 is 2.14 bits per heavy atom. The van der Waals surface area contributed by atoms with Crippen LogP contribution in [0.5, 0.6) is 0 Å². The summed E-state index contributed by atoms with van der Waals surface area (Å²) in [4.78, 5) is 32.5. The molecule has 0 N–H and O–H groups in total. The van der Waals surface area contributed by atoms with Gasteiger partial charge in [-0.1, -0.05) is 59.6 Å². The SMILES string of the molecule is O=C1C(=Cc2cc3sc(-c4cc5ccccc5s4)nc3n2-c2ccccc2)C(=O)c2cc(Cl)c(Cl)cc21. The van der Waals surface area contributed by atoms with Crippen LogP contribution in [0.2, 0.25) is 10.0 Å². The third-order valence-corrected chi connectivity index (χ3v) is 9.36. The summed E-state index contributed by atoms with van der Waals surface area (Å²) in [6, 6.07) is 25.2. The first-order valence-corrected chi connectivity index (χ1v) is 13.7. The maximum atomic E-state index is 13.2. The van der Waals surface area contributed by atoms with Gasteiger partial charge in [0.25, 0.3) is 0 Å². The van der Waals surface area contributed by atoms with Crippen LogP contribution in [0.1, 0.15) is 26.4 Å². The lowest BCUT2D eigenvalue weighted by atomic mass is 10.1. The largest absolute Gasteiger partial charge is 0.294 e. The average molecular weight is 557 g/mol. The number of ketones is 2. The van der Waals surface area contributed by atoms with E-state index in [1.54, 1.807) is 28.7 Å². The van der Waals surface area contributed by atoms with E-state index in [1.165, 1.54) is 22.2 Å². The van der Waals surface area contributed by atoms with E-state index in [0.717, 1.165) is 25.9 Å². The molecule has 0 saturated carbocycles. The first-order chi connectivity index (χ1) is 18.0. The summed E-state index contributed by atoms with van der Waals surface area (Å²) in [7, 11) is 0. The maximum Gasteiger partial charge on any atom is 0.197 e. The molecule has 3 aromatic carbocycles. The zero-order valence-electron chi connectivity index (χ0n) is 18.9. The van der Waals surface area contributed by atoms with E-state index in [4.69, 9.17) is 28.2 Å². The van der Waals surface area contributed by atoms with E-state index in [1.807, 2.05) is 53.1 Å². The van der Waals surface area contributed by atoms with Gasteiger partial charge in [-0.25, -0.2) is 4.98 Å². The number of Topliss-reactive ketones (excluding diaryl/α,β-unsaturated/α-hetero) is 2. The minimum atomic E-state index is -0.360. The molecule has 0 spiro atoms. The molecule has 0 saturated heterocycles. The second-order valence-electron chi connectivity index (χ2n) is 8.62. The summed E-state index contributed by atoms with van der Waals surface area (Å²) in [5.41, 5.74) is 2.99. The van der Waals surface area contributed by atoms with Crippen molar-refractivity contribution in [2.75, 3.05) is 0 Å². The molecule has 0 atom stereocenters. The molecule has 0 fully saturated rings. The van der Waals surface area contributed by atoms with Crippen molar-refractivity contribution in [3.05, 3.63) is 111 Å². The molecule has 0 radical (unpaired) electrons. The lowest BCUT2D eigenvalue weighted by Gasteiger charge is -2.07. The number of benzene rings is 3. The normalized spacial score (nSPS) is 13.2. The van der Waals surface area contributed by atoms with E-state index in [-0.39, 0.29) is 38.3 Å². The van der Waals surface area contributed by atoms with Gasteiger partial charge in [0.15, 0.2) is 17.2 Å². The fraction of sp³-hybridized carbons (Fsp3) is 0. The smallest absolute Gasteiger partial charge is 0.197 e. The number of hydrogen-bond acceptors (Lipinski definition) is 5. The summed E-state index contributed by atoms with van der Waals surface area (Å²) in [6.07, 6.45) is 1.65. The lowest BCUT2D eigenvalue weighted by molar-refractivity contribution is 0.0990. The molecule has 37 heavy (non-hydrogen) atoms. The van der Waals surface area contributed by atoms with Crippen LogP contribution in [0.3, 0.4) is 0 Å². The molecule has 6 aromatic rings. The third-order valence-electron chi connectivity index (χ3n) is 6.37. The molecule has 0 unspecified atom stereocenters. The van der Waals surface area contributed by atoms with Gasteiger partial charge < -0.3 is 0 Å². The molecule has 4 nitrogen and oxygen atoms in total. The van der Waals surface area contributed by atoms with E-state index in [2.05, 4.69) is 18.2 Å². The highest BCUT2D eigenvalue weighted by Gasteiger charge is 2.34. The Balaban J connectivity index is 1.40. The van der Waals surface area contributed by atoms with Crippen molar-refractivity contribution in [2.24, 2.45) is 0 Å². The van der Waals surface area contributed by atoms with E-state index >= 15 is 0 Å². The molecule has 178 valence electrons. The molecule has 1 aliphatic rings. The van der Waals surface area contributed by atoms with Crippen LogP contribution in [-0.2, 0) is 0 Å². The molecule has 8 heteroatoms. The van der Waals surface area contributed by atoms with Gasteiger partial charge in [-0.2, -0.15) is 0 Å². The third kappa shape index (κ3) is 3.60. The molecular formula is C29H14Cl2N2O2S2. The van der Waals surface area contributed by atoms with Gasteiger partial charge in [-0.15, -0.1) is 22.7 Å². The predicted molar refractivity (Wildman–Crippen MR) is 153 cm³/mol. The van der Waals surface area contributed by atoms with E-state index < -0.39 is 0 Å². The summed E-state index contributed by atoms with van der Waals surface area (Å²) in [5, 5.41) is 2.61. The first kappa shape index (κ1) is 22.6. The Morgan fingerprint density at radius 1 is 0.757 bits per heavy atom. The van der Waals surface area contributed by atoms with Crippen LogP contribution in [0.15, 0.2) is 84.4 Å². The highest BCUT2D eigenvalue weighted by Crippen LogP contribution is 2.40. The molecule has 3 aromatic heterocycles. The Labute approximate surface area is 229 Å². The van der Waals surface area contributed by atoms with Gasteiger partial charge in [-0.3, -0.25) is 14.2 Å². The standard InChI is InChI=1S/C29H14Cl2N2O2S2/c30-21-13-18-19(14-22(21)31)27(35)20(26(18)34)11-17-12-24-28(33(17)16-7-2-1-3-8-16)32-29(37-24)25-10-15-6-4-5-9-23(15)36-25/h1-14H. The summed E-state index contributed by atoms with van der Waals surface area (Å²) >= 11 is 15.5. The van der Waals surface area contributed by atoms with Crippen LogP contribution >= 0.6 is 45.9 Å². The van der Waals surface area contributed by atoms with Gasteiger partial charge >= 0.3 is 0 Å². The fourth-order valence-corrected chi connectivity index (χ4v) is 7.07. The number of halogens is 2. The zero-order chi connectivity index (χ0) is 25.3. The van der Waals surface area contributed by atoms with Gasteiger partial charge in [0, 0.05) is 21.5 Å². The number of fused-ring (bicyclic) bond motifs is 3. The molecule has 0 amide bonds. The zero-order valence-corrected chi connectivity index (χ0v) is 22.0. The van der Waals surface area contributed by atoms with E-state index in [0.29, 0.717) is 5.69 Å². The van der Waals surface area contributed by atoms with Crippen LogP contribution in [0.4, 0.5) is 0 Å². The number of aromatic nitrogens is 2. The first-order valence-electron chi connectivity index (χ1n) is 11.3. The summed E-state index contributed by atoms with van der Waals surface area (Å²) in [6.45, 7) is 0. The maximum absolute atomic E-state index is 13.2. The van der Waals surface area contributed by atoms with Crippen LogP contribution < -0.4 is 0 Å². The minimum Gasteiger partial charge on any atom is -0.294 e. The molecule has 0 bridgehead atoms. The monoisotopic (exact) mass is 556 g/mol. The number of hydrogen-bond donors (Lipinski definition) is 0. The Bertz CT molecular complexity index is 1870. The number of thiazole rings is 1. The number of allylic oxidation sites excluding steroid dienone is 1. The van der Waals surface area contributed by atoms with Crippen molar-refractivity contribution < 1.29 is 9.59 Å². The Kier molecular flexibility index (Phi) is 5.20. The number of rotatable bonds is 3. The van der Waals surface area contributed by atoms with Crippen molar-refractivity contribution in [1.29, 1.82) is 0 Å². The quantitative estimate of drug-likeness (QED) is 0.162. The van der Waals surface area contributed by atoms with Gasteiger partial charge in [-0.05, 0) is 53.9 Å². The van der Waals surface area contributed by atoms with Crippen LogP contribution in [-0.4, -0.2) is 21.1 Å². The van der Waals surface area contributed by atoms with Crippen molar-refractivity contribution in [2.45, 2.75) is 0 Å². The number of nitrogens with zero attached hydrogens (tertiary/aromatic N) is 2. The molecule has 7 rings (SSSR count). The topological polar surface area (TPSA) is 52.0 Å². The second-order valence-corrected chi connectivity index (χ2v) is 11.6. The highest BCUT2D eigenvalue weighted by atomic mass is 35.5. The number of carbonyl (C=O) groups is 2. The van der Waals surface area contributed by atoms with Crippen molar-refractivity contribution in [3.8, 4) is 15.6 Å². The Hall–Kier alpha value is -3.55. The van der Waals surface area contributed by atoms with E-state index in [9.17, 15) is 9.59 Å². The van der Waals surface area contributed by atoms with Crippen LogP contribution in [0, 0.1) is 0 Å². The average Bonchev–Trinajstić information content (AvgIpc) is 3.64. The molecule has 3 heterocycles. The fourth-order valence-electron chi connectivity index (χ4n) is 4.64. The lowest BCUT2D eigenvalue weighted by Crippen LogP contribution is -2.03. The van der Waals surface area contributed by atoms with Gasteiger partial charge in [0.05, 0.1) is 30.9 Å². The highest BCUT2D eigenvalue weighted by molar-refractivity contribution is 7.28. The minimum absolute atomic E-state index is 0.0837.